The molecule has 0 heterocycles. The van der Waals surface area contributed by atoms with Gasteiger partial charge in [0.25, 0.3) is 0 Å². The minimum Gasteiger partial charge on any atom is -0.463 e. The van der Waals surface area contributed by atoms with Gasteiger partial charge in [-0.3, -0.25) is 13.8 Å². The summed E-state index contributed by atoms with van der Waals surface area (Å²) >= 11 is 0. The number of phosphoric ester groups is 1. The van der Waals surface area contributed by atoms with Gasteiger partial charge >= 0.3 is 13.8 Å². The van der Waals surface area contributed by atoms with E-state index in [-0.39, 0.29) is 19.8 Å². The van der Waals surface area contributed by atoms with Gasteiger partial charge in [-0.15, -0.1) is 0 Å². The number of carbonyl (C=O) groups is 1. The highest BCUT2D eigenvalue weighted by Crippen LogP contribution is 2.42. The highest BCUT2D eigenvalue weighted by molar-refractivity contribution is 7.47. The number of hydrogen-bond acceptors (Lipinski definition) is 7. The molecule has 44 heavy (non-hydrogen) atoms. The first-order valence-corrected chi connectivity index (χ1v) is 18.3. The molecular weight excluding hydrogens is 577 g/mol. The molecule has 0 fully saturated rings. The molecule has 2 atom stereocenters. The summed E-state index contributed by atoms with van der Waals surface area (Å²) in [6.45, 7) is 1.33. The van der Waals surface area contributed by atoms with Crippen LogP contribution in [0.5, 0.6) is 0 Å². The Labute approximate surface area is 268 Å². The van der Waals surface area contributed by atoms with Crippen LogP contribution in [0.15, 0.2) is 60.8 Å². The number of allylic oxidation sites excluding steroid dienone is 10. The number of phosphoric acid groups is 1. The maximum absolute atomic E-state index is 11.8. The number of unbranched alkanes of at least 4 members (excludes halogenated alkanes) is 11. The Kier molecular flexibility index (Phi) is 31.3. The Morgan fingerprint density at radius 1 is 0.682 bits per heavy atom. The molecule has 0 saturated heterocycles. The monoisotopic (exact) mass is 639 g/mol. The number of carbonyl (C=O) groups excluding carboxylic acids is 1. The SMILES string of the molecule is CC/C=C\C/C=C\C/C=C\C/C=C\C/C=C\CCCCCCCCCCCCCC(=O)OCC(O)COP(=O)(O)OCCN. The van der Waals surface area contributed by atoms with Gasteiger partial charge in [0.05, 0.1) is 13.2 Å². The first-order chi connectivity index (χ1) is 21.4. The molecule has 0 aliphatic carbocycles. The molecule has 9 heteroatoms. The van der Waals surface area contributed by atoms with Crippen molar-refractivity contribution in [3.05, 3.63) is 60.8 Å². The van der Waals surface area contributed by atoms with Crippen molar-refractivity contribution >= 4 is 13.8 Å². The van der Waals surface area contributed by atoms with Gasteiger partial charge in [0.2, 0.25) is 0 Å². The molecule has 0 bridgehead atoms. The number of aliphatic hydroxyl groups excluding tert-OH is 1. The van der Waals surface area contributed by atoms with E-state index >= 15 is 0 Å². The van der Waals surface area contributed by atoms with Crippen molar-refractivity contribution in [1.29, 1.82) is 0 Å². The lowest BCUT2D eigenvalue weighted by Crippen LogP contribution is -2.23. The summed E-state index contributed by atoms with van der Waals surface area (Å²) in [4.78, 5) is 21.2. The van der Waals surface area contributed by atoms with Crippen LogP contribution >= 0.6 is 7.82 Å². The maximum atomic E-state index is 11.8. The Balaban J connectivity index is 3.44. The minimum absolute atomic E-state index is 0.0714. The average molecular weight is 640 g/mol. The summed E-state index contributed by atoms with van der Waals surface area (Å²) in [5.74, 6) is -0.392. The lowest BCUT2D eigenvalue weighted by Gasteiger charge is -2.15. The van der Waals surface area contributed by atoms with E-state index < -0.39 is 26.5 Å². The summed E-state index contributed by atoms with van der Waals surface area (Å²) in [5, 5.41) is 9.74. The maximum Gasteiger partial charge on any atom is 0.472 e. The molecule has 0 aromatic carbocycles. The van der Waals surface area contributed by atoms with Crippen molar-refractivity contribution in [3.8, 4) is 0 Å². The van der Waals surface area contributed by atoms with Gasteiger partial charge < -0.3 is 20.5 Å². The molecule has 0 saturated carbocycles. The zero-order valence-electron chi connectivity index (χ0n) is 27.4. The molecule has 4 N–H and O–H groups in total. The molecule has 8 nitrogen and oxygen atoms in total. The van der Waals surface area contributed by atoms with Gasteiger partial charge in [-0.2, -0.15) is 0 Å². The summed E-state index contributed by atoms with van der Waals surface area (Å²) in [6.07, 6.45) is 40.9. The summed E-state index contributed by atoms with van der Waals surface area (Å²) in [6, 6.07) is 0. The number of nitrogens with two attached hydrogens (primary N) is 1. The van der Waals surface area contributed by atoms with Crippen molar-refractivity contribution in [1.82, 2.24) is 0 Å². The summed E-state index contributed by atoms with van der Waals surface area (Å²) in [7, 11) is -4.25. The molecule has 254 valence electrons. The van der Waals surface area contributed by atoms with Crippen LogP contribution in [-0.4, -0.2) is 48.4 Å². The van der Waals surface area contributed by atoms with E-state index in [9.17, 15) is 19.4 Å². The second kappa shape index (κ2) is 32.6. The predicted molar refractivity (Wildman–Crippen MR) is 182 cm³/mol. The Morgan fingerprint density at radius 2 is 1.14 bits per heavy atom. The normalized spacial score (nSPS) is 14.5. The van der Waals surface area contributed by atoms with E-state index in [2.05, 4.69) is 76.7 Å². The van der Waals surface area contributed by atoms with Crippen LogP contribution in [0.1, 0.15) is 122 Å². The third-order valence-corrected chi connectivity index (χ3v) is 7.63. The van der Waals surface area contributed by atoms with Crippen LogP contribution in [0, 0.1) is 0 Å². The fraction of sp³-hybridized carbons (Fsp3) is 0.686. The number of hydrogen-bond donors (Lipinski definition) is 3. The molecule has 0 aliphatic rings. The third-order valence-electron chi connectivity index (χ3n) is 6.65. The molecule has 0 spiro atoms. The second-order valence-electron chi connectivity index (χ2n) is 10.9. The van der Waals surface area contributed by atoms with Crippen molar-refractivity contribution in [2.24, 2.45) is 5.73 Å². The molecule has 0 aromatic heterocycles. The van der Waals surface area contributed by atoms with Crippen molar-refractivity contribution in [2.75, 3.05) is 26.4 Å². The highest BCUT2D eigenvalue weighted by Gasteiger charge is 2.22. The number of rotatable bonds is 31. The van der Waals surface area contributed by atoms with Gasteiger partial charge in [-0.1, -0.05) is 125 Å². The fourth-order valence-corrected chi connectivity index (χ4v) is 4.96. The van der Waals surface area contributed by atoms with Crippen LogP contribution in [0.25, 0.3) is 0 Å². The van der Waals surface area contributed by atoms with Crippen LogP contribution in [-0.2, 0) is 23.1 Å². The highest BCUT2D eigenvalue weighted by atomic mass is 31.2. The van der Waals surface area contributed by atoms with Gasteiger partial charge in [0.15, 0.2) is 0 Å². The third kappa shape index (κ3) is 33.1. The molecule has 0 aromatic rings. The van der Waals surface area contributed by atoms with Crippen LogP contribution in [0.3, 0.4) is 0 Å². The lowest BCUT2D eigenvalue weighted by molar-refractivity contribution is -0.147. The molecular formula is C35H62NO7P. The first kappa shape index (κ1) is 42.2. The fourth-order valence-electron chi connectivity index (χ4n) is 4.19. The van der Waals surface area contributed by atoms with Crippen molar-refractivity contribution in [3.63, 3.8) is 0 Å². The van der Waals surface area contributed by atoms with Crippen molar-refractivity contribution < 1.29 is 33.1 Å². The minimum atomic E-state index is -4.25. The molecule has 0 radical (unpaired) electrons. The number of esters is 1. The van der Waals surface area contributed by atoms with Crippen molar-refractivity contribution in [2.45, 2.75) is 129 Å². The Hall–Kier alpha value is -1.80. The average Bonchev–Trinajstić information content (AvgIpc) is 3.01. The lowest BCUT2D eigenvalue weighted by atomic mass is 10.0. The van der Waals surface area contributed by atoms with Gasteiger partial charge in [-0.05, 0) is 51.4 Å². The number of aliphatic hydroxyl groups is 1. The van der Waals surface area contributed by atoms with E-state index in [0.29, 0.717) is 6.42 Å². The molecule has 2 unspecified atom stereocenters. The van der Waals surface area contributed by atoms with E-state index in [0.717, 1.165) is 51.4 Å². The van der Waals surface area contributed by atoms with Gasteiger partial charge in [-0.25, -0.2) is 4.57 Å². The van der Waals surface area contributed by atoms with Gasteiger partial charge in [0, 0.05) is 13.0 Å². The van der Waals surface area contributed by atoms with Crippen LogP contribution in [0.2, 0.25) is 0 Å². The Morgan fingerprint density at radius 3 is 1.64 bits per heavy atom. The van der Waals surface area contributed by atoms with E-state index in [1.165, 1.54) is 57.8 Å². The smallest absolute Gasteiger partial charge is 0.463 e. The second-order valence-corrected chi connectivity index (χ2v) is 12.3. The standard InChI is InChI=1S/C35H62NO7P/c1-2-3-4-5-6-7-8-9-10-11-12-13-14-15-16-17-18-19-20-21-22-23-24-25-26-27-28-29-35(38)41-32-34(37)33-43-44(39,40)42-31-30-36/h3-4,6-7,9-10,12-13,15-16,34,37H,2,5,8,11,14,17-33,36H2,1H3,(H,39,40)/b4-3-,7-6-,10-9-,13-12-,16-15-. The number of ether oxygens (including phenoxy) is 1. The van der Waals surface area contributed by atoms with E-state index in [4.69, 9.17) is 10.5 Å². The molecule has 0 rings (SSSR count). The summed E-state index contributed by atoms with van der Waals surface area (Å²) < 4.78 is 25.7. The summed E-state index contributed by atoms with van der Waals surface area (Å²) in [5.41, 5.74) is 5.19. The zero-order chi connectivity index (χ0) is 32.4. The Bertz CT molecular complexity index is 854. The quantitative estimate of drug-likeness (QED) is 0.0297. The molecule has 0 amide bonds. The first-order valence-electron chi connectivity index (χ1n) is 16.8. The molecule has 0 aliphatic heterocycles. The zero-order valence-corrected chi connectivity index (χ0v) is 28.3. The van der Waals surface area contributed by atoms with Crippen LogP contribution in [0.4, 0.5) is 0 Å². The van der Waals surface area contributed by atoms with E-state index in [1.54, 1.807) is 0 Å². The van der Waals surface area contributed by atoms with Crippen LogP contribution < -0.4 is 5.73 Å². The van der Waals surface area contributed by atoms with E-state index in [1.807, 2.05) is 0 Å². The largest absolute Gasteiger partial charge is 0.472 e. The topological polar surface area (TPSA) is 128 Å². The predicted octanol–water partition coefficient (Wildman–Crippen LogP) is 8.81. The van der Waals surface area contributed by atoms with Gasteiger partial charge in [0.1, 0.15) is 12.7 Å².